The van der Waals surface area contributed by atoms with Crippen molar-refractivity contribution in [1.82, 2.24) is 5.16 Å². The zero-order chi connectivity index (χ0) is 12.3. The number of nitrogens with zero attached hydrogens (tertiary/aromatic N) is 1. The third-order valence-electron chi connectivity index (χ3n) is 2.05. The molecule has 0 aliphatic rings. The summed E-state index contributed by atoms with van der Waals surface area (Å²) in [7, 11) is 0. The lowest BCUT2D eigenvalue weighted by atomic mass is 10.3. The molecule has 1 N–H and O–H groups in total. The fraction of sp³-hybridized carbons (Fsp3) is 0.182. The van der Waals surface area contributed by atoms with Crippen LogP contribution in [0.1, 0.15) is 11.5 Å². The lowest BCUT2D eigenvalue weighted by molar-refractivity contribution is 0.240. The van der Waals surface area contributed by atoms with Crippen molar-refractivity contribution in [2.45, 2.75) is 13.2 Å². The van der Waals surface area contributed by atoms with Gasteiger partial charge in [-0.05, 0) is 12.1 Å². The van der Waals surface area contributed by atoms with Crippen LogP contribution in [0.25, 0.3) is 0 Å². The molecule has 0 radical (unpaired) electrons. The summed E-state index contributed by atoms with van der Waals surface area (Å²) in [6.45, 7) is -0.0210. The summed E-state index contributed by atoms with van der Waals surface area (Å²) in [5, 5.41) is 13.3. The summed E-state index contributed by atoms with van der Waals surface area (Å²) >= 11 is 11.9. The van der Waals surface area contributed by atoms with E-state index in [0.29, 0.717) is 27.2 Å². The van der Waals surface area contributed by atoms with Crippen LogP contribution in [0, 0.1) is 0 Å². The maximum atomic E-state index is 8.82. The van der Waals surface area contributed by atoms with Crippen LogP contribution in [0.15, 0.2) is 28.8 Å². The Morgan fingerprint density at radius 1 is 1.29 bits per heavy atom. The van der Waals surface area contributed by atoms with E-state index >= 15 is 0 Å². The fourth-order valence-electron chi connectivity index (χ4n) is 1.26. The monoisotopic (exact) mass is 273 g/mol. The highest BCUT2D eigenvalue weighted by Gasteiger charge is 2.09. The number of para-hydroxylation sites is 1. The predicted octanol–water partition coefficient (Wildman–Crippen LogP) is 3.05. The molecule has 0 saturated heterocycles. The van der Waals surface area contributed by atoms with Crippen LogP contribution in [0.3, 0.4) is 0 Å². The van der Waals surface area contributed by atoms with Crippen molar-refractivity contribution in [3.8, 4) is 5.75 Å². The van der Waals surface area contributed by atoms with Crippen molar-refractivity contribution in [3.05, 3.63) is 45.8 Å². The minimum absolute atomic E-state index is 0.149. The SMILES string of the molecule is OCc1cc(COc2c(Cl)cccc2Cl)on1. The zero-order valence-electron chi connectivity index (χ0n) is 8.69. The Kier molecular flexibility index (Phi) is 3.89. The van der Waals surface area contributed by atoms with E-state index < -0.39 is 0 Å². The summed E-state index contributed by atoms with van der Waals surface area (Å²) in [4.78, 5) is 0. The van der Waals surface area contributed by atoms with Gasteiger partial charge in [-0.2, -0.15) is 0 Å². The lowest BCUT2D eigenvalue weighted by Gasteiger charge is -2.07. The van der Waals surface area contributed by atoms with Gasteiger partial charge in [0.05, 0.1) is 16.7 Å². The van der Waals surface area contributed by atoms with Gasteiger partial charge in [0.2, 0.25) is 0 Å². The molecule has 0 bridgehead atoms. The number of halogens is 2. The van der Waals surface area contributed by atoms with Crippen LogP contribution < -0.4 is 4.74 Å². The highest BCUT2D eigenvalue weighted by Crippen LogP contribution is 2.32. The van der Waals surface area contributed by atoms with Crippen LogP contribution in [-0.2, 0) is 13.2 Å². The van der Waals surface area contributed by atoms with Crippen molar-refractivity contribution in [2.24, 2.45) is 0 Å². The van der Waals surface area contributed by atoms with Gasteiger partial charge in [-0.1, -0.05) is 34.4 Å². The molecule has 0 aliphatic carbocycles. The van der Waals surface area contributed by atoms with Gasteiger partial charge < -0.3 is 14.4 Å². The summed E-state index contributed by atoms with van der Waals surface area (Å²) in [5.74, 6) is 0.891. The molecule has 0 atom stereocenters. The van der Waals surface area contributed by atoms with Crippen molar-refractivity contribution in [1.29, 1.82) is 0 Å². The Morgan fingerprint density at radius 2 is 2.00 bits per heavy atom. The van der Waals surface area contributed by atoms with E-state index in [1.807, 2.05) is 0 Å². The minimum Gasteiger partial charge on any atom is -0.482 e. The van der Waals surface area contributed by atoms with Crippen molar-refractivity contribution < 1.29 is 14.4 Å². The number of aliphatic hydroxyl groups is 1. The number of benzene rings is 1. The molecule has 0 fully saturated rings. The van der Waals surface area contributed by atoms with Crippen LogP contribution >= 0.6 is 23.2 Å². The minimum atomic E-state index is -0.170. The van der Waals surface area contributed by atoms with E-state index in [9.17, 15) is 0 Å². The van der Waals surface area contributed by atoms with Gasteiger partial charge in [-0.3, -0.25) is 0 Å². The molecule has 0 amide bonds. The number of hydrogen-bond donors (Lipinski definition) is 1. The first-order valence-electron chi connectivity index (χ1n) is 4.83. The number of hydrogen-bond acceptors (Lipinski definition) is 4. The van der Waals surface area contributed by atoms with E-state index in [2.05, 4.69) is 5.16 Å². The van der Waals surface area contributed by atoms with E-state index in [4.69, 9.17) is 37.6 Å². The lowest BCUT2D eigenvalue weighted by Crippen LogP contribution is -1.95. The zero-order valence-corrected chi connectivity index (χ0v) is 10.2. The summed E-state index contributed by atoms with van der Waals surface area (Å²) in [5.41, 5.74) is 0.453. The molecule has 4 nitrogen and oxygen atoms in total. The maximum Gasteiger partial charge on any atom is 0.174 e. The van der Waals surface area contributed by atoms with Crippen molar-refractivity contribution >= 4 is 23.2 Å². The van der Waals surface area contributed by atoms with Crippen LogP contribution in [0.5, 0.6) is 5.75 Å². The Labute approximate surface area is 108 Å². The Morgan fingerprint density at radius 3 is 2.59 bits per heavy atom. The first kappa shape index (κ1) is 12.2. The largest absolute Gasteiger partial charge is 0.482 e. The van der Waals surface area contributed by atoms with E-state index in [-0.39, 0.29) is 13.2 Å². The number of aliphatic hydroxyl groups excluding tert-OH is 1. The van der Waals surface area contributed by atoms with Gasteiger partial charge in [-0.15, -0.1) is 0 Å². The molecule has 90 valence electrons. The average Bonchev–Trinajstić information content (AvgIpc) is 2.76. The van der Waals surface area contributed by atoms with E-state index in [0.717, 1.165) is 0 Å². The second kappa shape index (κ2) is 5.40. The number of ether oxygens (including phenoxy) is 1. The molecular weight excluding hydrogens is 265 g/mol. The van der Waals surface area contributed by atoms with E-state index in [1.54, 1.807) is 24.3 Å². The molecule has 0 saturated carbocycles. The Bertz CT molecular complexity index is 493. The molecule has 2 aromatic rings. The van der Waals surface area contributed by atoms with Gasteiger partial charge in [0, 0.05) is 6.07 Å². The van der Waals surface area contributed by atoms with E-state index in [1.165, 1.54) is 0 Å². The van der Waals surface area contributed by atoms with Gasteiger partial charge in [0.25, 0.3) is 0 Å². The predicted molar refractivity (Wildman–Crippen MR) is 63.2 cm³/mol. The Hall–Kier alpha value is -1.23. The van der Waals surface area contributed by atoms with Crippen molar-refractivity contribution in [3.63, 3.8) is 0 Å². The van der Waals surface area contributed by atoms with Crippen molar-refractivity contribution in [2.75, 3.05) is 0 Å². The molecule has 17 heavy (non-hydrogen) atoms. The first-order valence-corrected chi connectivity index (χ1v) is 5.58. The highest BCUT2D eigenvalue weighted by molar-refractivity contribution is 6.37. The standard InChI is InChI=1S/C11H9Cl2NO3/c12-9-2-1-3-10(13)11(9)16-6-8-4-7(5-15)14-17-8/h1-4,15H,5-6H2. The van der Waals surface area contributed by atoms with Crippen LogP contribution in [-0.4, -0.2) is 10.3 Å². The molecule has 0 spiro atoms. The normalized spacial score (nSPS) is 10.5. The fourth-order valence-corrected chi connectivity index (χ4v) is 1.77. The topological polar surface area (TPSA) is 55.5 Å². The van der Waals surface area contributed by atoms with Gasteiger partial charge in [-0.25, -0.2) is 0 Å². The summed E-state index contributed by atoms with van der Waals surface area (Å²) in [6.07, 6.45) is 0. The molecule has 1 aromatic heterocycles. The van der Waals surface area contributed by atoms with Gasteiger partial charge >= 0.3 is 0 Å². The smallest absolute Gasteiger partial charge is 0.174 e. The number of rotatable bonds is 4. The molecule has 2 rings (SSSR count). The van der Waals surface area contributed by atoms with Crippen LogP contribution in [0.4, 0.5) is 0 Å². The van der Waals surface area contributed by atoms with Crippen LogP contribution in [0.2, 0.25) is 10.0 Å². The maximum absolute atomic E-state index is 8.82. The van der Waals surface area contributed by atoms with Gasteiger partial charge in [0.15, 0.2) is 11.5 Å². The second-order valence-corrected chi connectivity index (χ2v) is 4.10. The summed E-state index contributed by atoms with van der Waals surface area (Å²) in [6, 6.07) is 6.70. The second-order valence-electron chi connectivity index (χ2n) is 3.28. The molecule has 0 unspecified atom stereocenters. The third kappa shape index (κ3) is 2.91. The molecular formula is C11H9Cl2NO3. The third-order valence-corrected chi connectivity index (χ3v) is 2.64. The van der Waals surface area contributed by atoms with Gasteiger partial charge in [0.1, 0.15) is 12.3 Å². The first-order chi connectivity index (χ1) is 8.20. The number of aromatic nitrogens is 1. The highest BCUT2D eigenvalue weighted by atomic mass is 35.5. The molecule has 1 aromatic carbocycles. The molecule has 1 heterocycles. The summed E-state index contributed by atoms with van der Waals surface area (Å²) < 4.78 is 10.4. The molecule has 6 heteroatoms. The average molecular weight is 274 g/mol. The molecule has 0 aliphatic heterocycles. The quantitative estimate of drug-likeness (QED) is 0.930. The Balaban J connectivity index is 2.07.